The number of aromatic nitrogens is 3. The van der Waals surface area contributed by atoms with E-state index in [1.807, 2.05) is 11.1 Å². The molecule has 1 saturated heterocycles. The van der Waals surface area contributed by atoms with E-state index in [0.717, 1.165) is 24.1 Å². The van der Waals surface area contributed by atoms with E-state index in [1.54, 1.807) is 0 Å². The molecule has 4 heterocycles. The van der Waals surface area contributed by atoms with Gasteiger partial charge in [0.2, 0.25) is 11.9 Å². The van der Waals surface area contributed by atoms with Gasteiger partial charge < -0.3 is 20.6 Å². The van der Waals surface area contributed by atoms with Crippen molar-refractivity contribution < 1.29 is 9.90 Å². The number of aliphatic hydroxyl groups excluding tert-OH is 1. The highest BCUT2D eigenvalue weighted by atomic mass is 35.5. The number of nitrogen functional groups attached to an aromatic ring is 1. The highest BCUT2D eigenvalue weighted by Gasteiger charge is 2.37. The van der Waals surface area contributed by atoms with Crippen LogP contribution >= 0.6 is 11.6 Å². The molecule has 2 aromatic heterocycles. The van der Waals surface area contributed by atoms with Gasteiger partial charge in [0.15, 0.2) is 0 Å². The lowest BCUT2D eigenvalue weighted by Gasteiger charge is -2.22. The summed E-state index contributed by atoms with van der Waals surface area (Å²) in [7, 11) is 0. The fourth-order valence-electron chi connectivity index (χ4n) is 5.04. The molecule has 0 spiro atoms. The largest absolute Gasteiger partial charge is 0.396 e. The maximum absolute atomic E-state index is 13.0. The van der Waals surface area contributed by atoms with E-state index in [0.29, 0.717) is 43.6 Å². The van der Waals surface area contributed by atoms with Crippen molar-refractivity contribution in [2.24, 2.45) is 5.92 Å². The van der Waals surface area contributed by atoms with Crippen molar-refractivity contribution in [3.63, 3.8) is 0 Å². The SMILES string of the molecule is CCc1c(C)cnc(CN2C[C@H](CC(=O)N3CC[C@H](CO)C3)c3c(Cl)nc(N)nc32)c1C. The van der Waals surface area contributed by atoms with Gasteiger partial charge in [-0.05, 0) is 43.4 Å². The number of nitrogens with zero attached hydrogens (tertiary/aromatic N) is 5. The van der Waals surface area contributed by atoms with Gasteiger partial charge in [-0.1, -0.05) is 18.5 Å². The standard InChI is InChI=1S/C23H31ClN6O2/c1-4-17-13(2)8-26-18(14(17)3)11-30-10-16(20-21(24)27-23(25)28-22(20)30)7-19(32)29-6-5-15(9-29)12-31/h8,15-16,31H,4-7,9-12H2,1-3H3,(H2,25,27,28)/t15-,16-/m0/s1. The van der Waals surface area contributed by atoms with Crippen LogP contribution in [0, 0.1) is 19.8 Å². The number of anilines is 2. The van der Waals surface area contributed by atoms with E-state index in [9.17, 15) is 9.90 Å². The molecule has 0 unspecified atom stereocenters. The molecule has 4 rings (SSSR count). The molecule has 3 N–H and O–H groups in total. The molecule has 0 bridgehead atoms. The Morgan fingerprint density at radius 3 is 2.78 bits per heavy atom. The minimum Gasteiger partial charge on any atom is -0.396 e. The number of fused-ring (bicyclic) bond motifs is 1. The quantitative estimate of drug-likeness (QED) is 0.640. The number of hydrogen-bond donors (Lipinski definition) is 2. The minimum atomic E-state index is -0.116. The van der Waals surface area contributed by atoms with Crippen molar-refractivity contribution in [3.05, 3.63) is 39.3 Å². The molecule has 0 radical (unpaired) electrons. The first-order valence-corrected chi connectivity index (χ1v) is 11.6. The van der Waals surface area contributed by atoms with Crippen molar-refractivity contribution in [2.45, 2.75) is 52.5 Å². The summed E-state index contributed by atoms with van der Waals surface area (Å²) in [5.41, 5.74) is 11.4. The van der Waals surface area contributed by atoms with Gasteiger partial charge in [-0.3, -0.25) is 9.78 Å². The molecule has 2 atom stereocenters. The van der Waals surface area contributed by atoms with Crippen molar-refractivity contribution >= 4 is 29.3 Å². The Labute approximate surface area is 193 Å². The van der Waals surface area contributed by atoms with Crippen molar-refractivity contribution in [2.75, 3.05) is 36.9 Å². The molecule has 1 amide bonds. The van der Waals surface area contributed by atoms with Crippen LogP contribution in [0.25, 0.3) is 0 Å². The maximum Gasteiger partial charge on any atom is 0.223 e. The van der Waals surface area contributed by atoms with Gasteiger partial charge in [-0.25, -0.2) is 4.98 Å². The van der Waals surface area contributed by atoms with E-state index in [1.165, 1.54) is 16.7 Å². The Kier molecular flexibility index (Phi) is 6.53. The van der Waals surface area contributed by atoms with Crippen LogP contribution in [0.3, 0.4) is 0 Å². The molecular weight excluding hydrogens is 428 g/mol. The number of pyridine rings is 1. The molecule has 32 heavy (non-hydrogen) atoms. The summed E-state index contributed by atoms with van der Waals surface area (Å²) in [6, 6.07) is 0. The zero-order valence-corrected chi connectivity index (χ0v) is 19.7. The van der Waals surface area contributed by atoms with Gasteiger partial charge in [0.05, 0.1) is 12.2 Å². The molecule has 0 aliphatic carbocycles. The third-order valence-corrected chi connectivity index (χ3v) is 7.12. The first-order valence-electron chi connectivity index (χ1n) is 11.2. The summed E-state index contributed by atoms with van der Waals surface area (Å²) in [6.45, 7) is 8.93. The molecule has 0 saturated carbocycles. The van der Waals surface area contributed by atoms with Gasteiger partial charge in [0.25, 0.3) is 0 Å². The topological polar surface area (TPSA) is 108 Å². The van der Waals surface area contributed by atoms with Crippen molar-refractivity contribution in [1.29, 1.82) is 0 Å². The Hall–Kier alpha value is -2.45. The van der Waals surface area contributed by atoms with E-state index in [-0.39, 0.29) is 30.3 Å². The zero-order chi connectivity index (χ0) is 23.0. The second-order valence-electron chi connectivity index (χ2n) is 8.91. The Morgan fingerprint density at radius 2 is 2.09 bits per heavy atom. The van der Waals surface area contributed by atoms with Gasteiger partial charge in [-0.2, -0.15) is 4.98 Å². The Balaban J connectivity index is 1.59. The smallest absolute Gasteiger partial charge is 0.223 e. The number of aliphatic hydroxyl groups is 1. The lowest BCUT2D eigenvalue weighted by Crippen LogP contribution is -2.31. The van der Waals surface area contributed by atoms with E-state index < -0.39 is 0 Å². The summed E-state index contributed by atoms with van der Waals surface area (Å²) in [5, 5.41) is 9.71. The summed E-state index contributed by atoms with van der Waals surface area (Å²) in [5.74, 6) is 0.940. The second kappa shape index (κ2) is 9.19. The lowest BCUT2D eigenvalue weighted by atomic mass is 9.99. The number of carbonyl (C=O) groups excluding carboxylic acids is 1. The number of likely N-dealkylation sites (tertiary alicyclic amines) is 1. The third-order valence-electron chi connectivity index (χ3n) is 6.83. The molecular formula is C23H31ClN6O2. The summed E-state index contributed by atoms with van der Waals surface area (Å²) >= 11 is 6.50. The predicted molar refractivity (Wildman–Crippen MR) is 125 cm³/mol. The highest BCUT2D eigenvalue weighted by Crippen LogP contribution is 2.42. The first kappa shape index (κ1) is 22.7. The Bertz CT molecular complexity index is 1030. The van der Waals surface area contributed by atoms with Gasteiger partial charge in [-0.15, -0.1) is 0 Å². The van der Waals surface area contributed by atoms with Crippen molar-refractivity contribution in [1.82, 2.24) is 19.9 Å². The average Bonchev–Trinajstić information content (AvgIpc) is 3.36. The number of hydrogen-bond acceptors (Lipinski definition) is 7. The van der Waals surface area contributed by atoms with Crippen molar-refractivity contribution in [3.8, 4) is 0 Å². The van der Waals surface area contributed by atoms with Crippen LogP contribution in [-0.4, -0.2) is 57.1 Å². The molecule has 1 fully saturated rings. The minimum absolute atomic E-state index is 0.0737. The molecule has 2 aromatic rings. The number of carbonyl (C=O) groups is 1. The number of halogens is 1. The fraction of sp³-hybridized carbons (Fsp3) is 0.565. The highest BCUT2D eigenvalue weighted by molar-refractivity contribution is 6.30. The number of amides is 1. The maximum atomic E-state index is 13.0. The molecule has 0 aromatic carbocycles. The van der Waals surface area contributed by atoms with Gasteiger partial charge >= 0.3 is 0 Å². The molecule has 9 heteroatoms. The van der Waals surface area contributed by atoms with Crippen LogP contribution in [0.4, 0.5) is 11.8 Å². The van der Waals surface area contributed by atoms with Crippen LogP contribution in [-0.2, 0) is 17.8 Å². The Morgan fingerprint density at radius 1 is 1.31 bits per heavy atom. The van der Waals surface area contributed by atoms with Crippen LogP contribution in [0.15, 0.2) is 6.20 Å². The predicted octanol–water partition coefficient (Wildman–Crippen LogP) is 2.62. The average molecular weight is 459 g/mol. The summed E-state index contributed by atoms with van der Waals surface area (Å²) < 4.78 is 0. The van der Waals surface area contributed by atoms with Gasteiger partial charge in [0, 0.05) is 56.3 Å². The fourth-order valence-corrected chi connectivity index (χ4v) is 5.37. The first-order chi connectivity index (χ1) is 15.3. The number of nitrogens with two attached hydrogens (primary N) is 1. The molecule has 2 aliphatic rings. The van der Waals surface area contributed by atoms with Crippen LogP contribution < -0.4 is 10.6 Å². The third kappa shape index (κ3) is 4.26. The van der Waals surface area contributed by atoms with E-state index >= 15 is 0 Å². The van der Waals surface area contributed by atoms with E-state index in [2.05, 4.69) is 40.6 Å². The molecule has 172 valence electrons. The lowest BCUT2D eigenvalue weighted by molar-refractivity contribution is -0.130. The molecule has 8 nitrogen and oxygen atoms in total. The molecule has 2 aliphatic heterocycles. The normalized spacial score (nSPS) is 20.2. The number of aryl methyl sites for hydroxylation is 1. The van der Waals surface area contributed by atoms with Crippen LogP contribution in [0.1, 0.15) is 53.6 Å². The number of rotatable bonds is 6. The van der Waals surface area contributed by atoms with Gasteiger partial charge in [0.1, 0.15) is 11.0 Å². The second-order valence-corrected chi connectivity index (χ2v) is 9.27. The summed E-state index contributed by atoms with van der Waals surface area (Å²) in [6.07, 6.45) is 4.04. The van der Waals surface area contributed by atoms with E-state index in [4.69, 9.17) is 17.3 Å². The zero-order valence-electron chi connectivity index (χ0n) is 18.9. The summed E-state index contributed by atoms with van der Waals surface area (Å²) in [4.78, 5) is 30.3. The van der Waals surface area contributed by atoms with Crippen LogP contribution in [0.5, 0.6) is 0 Å². The van der Waals surface area contributed by atoms with Crippen LogP contribution in [0.2, 0.25) is 5.15 Å². The monoisotopic (exact) mass is 458 g/mol.